The maximum atomic E-state index is 13.7. The molecule has 2 heterocycles. The molecule has 0 amide bonds. The molecule has 1 N–H and O–H groups in total. The fourth-order valence-corrected chi connectivity index (χ4v) is 7.56. The summed E-state index contributed by atoms with van der Waals surface area (Å²) in [5, 5.41) is 12.9. The van der Waals surface area contributed by atoms with Gasteiger partial charge in [0, 0.05) is 38.6 Å². The number of rotatable bonds is 7. The van der Waals surface area contributed by atoms with Gasteiger partial charge in [0.05, 0.1) is 6.61 Å². The molecule has 0 radical (unpaired) electrons. The van der Waals surface area contributed by atoms with Gasteiger partial charge < -0.3 is 5.11 Å². The van der Waals surface area contributed by atoms with Gasteiger partial charge >= 0.3 is 0 Å². The zero-order chi connectivity index (χ0) is 20.4. The van der Waals surface area contributed by atoms with Crippen LogP contribution in [0.3, 0.4) is 0 Å². The monoisotopic (exact) mass is 463 g/mol. The first-order valence-corrected chi connectivity index (χ1v) is 12.4. The minimum atomic E-state index is -3.84. The van der Waals surface area contributed by atoms with Crippen LogP contribution in [-0.2, 0) is 16.6 Å². The van der Waals surface area contributed by atoms with E-state index in [1.54, 1.807) is 6.07 Å². The molecule has 4 nitrogen and oxygen atoms in total. The Balaban J connectivity index is 1.88. The number of halogens is 1. The van der Waals surface area contributed by atoms with Crippen LogP contribution in [0.2, 0.25) is 5.02 Å². The molecule has 0 unspecified atom stereocenters. The van der Waals surface area contributed by atoms with Crippen molar-refractivity contribution >= 4 is 54.4 Å². The number of sulfonamides is 1. The third-order valence-corrected chi connectivity index (χ3v) is 9.14. The minimum Gasteiger partial charge on any atom is -0.395 e. The van der Waals surface area contributed by atoms with Crippen LogP contribution in [0.15, 0.2) is 70.3 Å². The number of hydrogen-bond acceptors (Lipinski definition) is 5. The van der Waals surface area contributed by atoms with Crippen LogP contribution in [0.4, 0.5) is 0 Å². The quantitative estimate of drug-likeness (QED) is 0.395. The van der Waals surface area contributed by atoms with Gasteiger partial charge in [0.15, 0.2) is 0 Å². The number of benzene rings is 2. The van der Waals surface area contributed by atoms with Gasteiger partial charge in [-0.2, -0.15) is 4.31 Å². The lowest BCUT2D eigenvalue weighted by atomic mass is 10.1. The average molecular weight is 464 g/mol. The molecular weight excluding hydrogens is 446 g/mol. The molecule has 150 valence electrons. The van der Waals surface area contributed by atoms with Crippen molar-refractivity contribution in [2.45, 2.75) is 10.8 Å². The predicted octanol–water partition coefficient (Wildman–Crippen LogP) is 5.47. The summed E-state index contributed by atoms with van der Waals surface area (Å²) < 4.78 is 29.9. The maximum absolute atomic E-state index is 13.7. The third-order valence-electron chi connectivity index (χ3n) is 4.51. The highest BCUT2D eigenvalue weighted by molar-refractivity contribution is 7.91. The second-order valence-corrected chi connectivity index (χ2v) is 11.0. The first kappa shape index (κ1) is 20.5. The Morgan fingerprint density at radius 2 is 1.83 bits per heavy atom. The Labute approximate surface area is 182 Å². The van der Waals surface area contributed by atoms with Crippen LogP contribution >= 0.6 is 34.3 Å². The first-order valence-electron chi connectivity index (χ1n) is 8.91. The van der Waals surface area contributed by atoms with E-state index in [-0.39, 0.29) is 23.9 Å². The number of thiophene rings is 2. The van der Waals surface area contributed by atoms with Crippen LogP contribution in [0.1, 0.15) is 5.56 Å². The molecule has 8 heteroatoms. The number of aliphatic hydroxyl groups excluding tert-OH is 1. The van der Waals surface area contributed by atoms with Crippen LogP contribution in [0.25, 0.3) is 20.5 Å². The molecule has 0 bridgehead atoms. The largest absolute Gasteiger partial charge is 0.395 e. The van der Waals surface area contributed by atoms with Crippen molar-refractivity contribution in [1.82, 2.24) is 4.31 Å². The summed E-state index contributed by atoms with van der Waals surface area (Å²) in [4.78, 5) is 0.876. The molecular formula is C21H18ClNO3S3. The van der Waals surface area contributed by atoms with Crippen molar-refractivity contribution in [3.8, 4) is 10.4 Å². The molecule has 0 aliphatic heterocycles. The topological polar surface area (TPSA) is 57.6 Å². The normalized spacial score (nSPS) is 12.1. The molecule has 2 aromatic heterocycles. The summed E-state index contributed by atoms with van der Waals surface area (Å²) in [5.41, 5.74) is 1.55. The van der Waals surface area contributed by atoms with E-state index < -0.39 is 10.0 Å². The van der Waals surface area contributed by atoms with E-state index in [1.807, 2.05) is 60.0 Å². The van der Waals surface area contributed by atoms with Gasteiger partial charge in [0.2, 0.25) is 0 Å². The number of hydrogen-bond donors (Lipinski definition) is 1. The molecule has 4 rings (SSSR count). The number of nitrogens with zero attached hydrogens (tertiary/aromatic N) is 1. The standard InChI is InChI=1S/C21H18ClNO3S3/c22-16-8-9-18-17(13-16)20(19-7-4-12-27-19)21(28-18)29(25,26)23(10-11-24)14-15-5-2-1-3-6-15/h1-9,12-13,24H,10-11,14H2. The van der Waals surface area contributed by atoms with E-state index in [0.29, 0.717) is 10.6 Å². The van der Waals surface area contributed by atoms with E-state index in [1.165, 1.54) is 27.0 Å². The molecule has 0 fully saturated rings. The fraction of sp³-hybridized carbons (Fsp3) is 0.143. The number of fused-ring (bicyclic) bond motifs is 1. The lowest BCUT2D eigenvalue weighted by Crippen LogP contribution is -2.33. The van der Waals surface area contributed by atoms with E-state index in [0.717, 1.165) is 20.5 Å². The predicted molar refractivity (Wildman–Crippen MR) is 121 cm³/mol. The molecule has 2 aromatic carbocycles. The Hall–Kier alpha value is -1.74. The van der Waals surface area contributed by atoms with E-state index in [4.69, 9.17) is 11.6 Å². The second-order valence-electron chi connectivity index (χ2n) is 6.43. The highest BCUT2D eigenvalue weighted by Crippen LogP contribution is 2.45. The van der Waals surface area contributed by atoms with Gasteiger partial charge in [-0.05, 0) is 35.2 Å². The van der Waals surface area contributed by atoms with Gasteiger partial charge in [-0.15, -0.1) is 22.7 Å². The van der Waals surface area contributed by atoms with Crippen LogP contribution in [0.5, 0.6) is 0 Å². The van der Waals surface area contributed by atoms with Gasteiger partial charge in [0.25, 0.3) is 10.0 Å². The molecule has 0 spiro atoms. The zero-order valence-corrected chi connectivity index (χ0v) is 18.5. The molecule has 0 aliphatic carbocycles. The first-order chi connectivity index (χ1) is 14.0. The van der Waals surface area contributed by atoms with Gasteiger partial charge in [-0.25, -0.2) is 8.42 Å². The molecule has 0 aliphatic rings. The summed E-state index contributed by atoms with van der Waals surface area (Å²) in [6.45, 7) is -0.0319. The fourth-order valence-electron chi connectivity index (χ4n) is 3.18. The van der Waals surface area contributed by atoms with Crippen molar-refractivity contribution in [3.05, 3.63) is 76.6 Å². The van der Waals surface area contributed by atoms with Crippen molar-refractivity contribution in [3.63, 3.8) is 0 Å². The zero-order valence-electron chi connectivity index (χ0n) is 15.3. The van der Waals surface area contributed by atoms with Crippen molar-refractivity contribution in [2.75, 3.05) is 13.2 Å². The molecule has 4 aromatic rings. The van der Waals surface area contributed by atoms with E-state index >= 15 is 0 Å². The summed E-state index contributed by atoms with van der Waals surface area (Å²) in [7, 11) is -3.84. The number of aliphatic hydroxyl groups is 1. The SMILES string of the molecule is O=S(=O)(c1sc2ccc(Cl)cc2c1-c1cccs1)N(CCO)Cc1ccccc1. The molecule has 29 heavy (non-hydrogen) atoms. The van der Waals surface area contributed by atoms with Crippen molar-refractivity contribution in [2.24, 2.45) is 0 Å². The second kappa shape index (κ2) is 8.55. The lowest BCUT2D eigenvalue weighted by Gasteiger charge is -2.21. The van der Waals surface area contributed by atoms with Crippen LogP contribution in [-0.4, -0.2) is 31.0 Å². The van der Waals surface area contributed by atoms with Gasteiger partial charge in [0.1, 0.15) is 4.21 Å². The summed E-state index contributed by atoms with van der Waals surface area (Å²) in [6.07, 6.45) is 0. The Kier molecular flexibility index (Phi) is 6.06. The summed E-state index contributed by atoms with van der Waals surface area (Å²) in [6, 6.07) is 18.6. The van der Waals surface area contributed by atoms with Crippen molar-refractivity contribution in [1.29, 1.82) is 0 Å². The molecule has 0 saturated carbocycles. The highest BCUT2D eigenvalue weighted by atomic mass is 35.5. The van der Waals surface area contributed by atoms with E-state index in [9.17, 15) is 13.5 Å². The molecule has 0 saturated heterocycles. The van der Waals surface area contributed by atoms with Crippen molar-refractivity contribution < 1.29 is 13.5 Å². The van der Waals surface area contributed by atoms with Gasteiger partial charge in [-0.3, -0.25) is 0 Å². The summed E-state index contributed by atoms with van der Waals surface area (Å²) in [5.74, 6) is 0. The average Bonchev–Trinajstić information content (AvgIpc) is 3.35. The third kappa shape index (κ3) is 4.12. The molecule has 0 atom stereocenters. The Morgan fingerprint density at radius 1 is 1.03 bits per heavy atom. The van der Waals surface area contributed by atoms with Crippen LogP contribution in [0, 0.1) is 0 Å². The maximum Gasteiger partial charge on any atom is 0.253 e. The van der Waals surface area contributed by atoms with E-state index in [2.05, 4.69) is 0 Å². The highest BCUT2D eigenvalue weighted by Gasteiger charge is 2.31. The Bertz CT molecular complexity index is 1220. The smallest absolute Gasteiger partial charge is 0.253 e. The van der Waals surface area contributed by atoms with Gasteiger partial charge in [-0.1, -0.05) is 48.0 Å². The summed E-state index contributed by atoms with van der Waals surface area (Å²) >= 11 is 8.94. The van der Waals surface area contributed by atoms with Crippen LogP contribution < -0.4 is 0 Å². The Morgan fingerprint density at radius 3 is 2.52 bits per heavy atom. The minimum absolute atomic E-state index is 0.0239. The lowest BCUT2D eigenvalue weighted by molar-refractivity contribution is 0.251.